The molecule has 5 nitrogen and oxygen atoms in total. The number of hydrogen-bond donors (Lipinski definition) is 1. The standard InChI is InChI=1S/C14H16ClFN4O/c15-9-4-5-11-18-12(13(16)20(11)7-9)14(21)19-6-2-1-3-10(17)8-19/h4-5,7,10H,1-3,6,8,17H2. The summed E-state index contributed by atoms with van der Waals surface area (Å²) in [5.41, 5.74) is 6.13. The zero-order valence-electron chi connectivity index (χ0n) is 11.4. The summed E-state index contributed by atoms with van der Waals surface area (Å²) in [4.78, 5) is 18.2. The van der Waals surface area contributed by atoms with Crippen LogP contribution in [0.2, 0.25) is 5.02 Å². The molecule has 2 N–H and O–H groups in total. The van der Waals surface area contributed by atoms with Crippen molar-refractivity contribution in [1.29, 1.82) is 0 Å². The zero-order valence-corrected chi connectivity index (χ0v) is 12.2. The number of aromatic nitrogens is 2. The van der Waals surface area contributed by atoms with Crippen molar-refractivity contribution in [3.63, 3.8) is 0 Å². The van der Waals surface area contributed by atoms with Gasteiger partial charge in [0.15, 0.2) is 5.69 Å². The number of amides is 1. The van der Waals surface area contributed by atoms with E-state index in [0.29, 0.717) is 23.8 Å². The Morgan fingerprint density at radius 1 is 1.43 bits per heavy atom. The largest absolute Gasteiger partial charge is 0.336 e. The number of fused-ring (bicyclic) bond motifs is 1. The van der Waals surface area contributed by atoms with E-state index in [4.69, 9.17) is 17.3 Å². The molecule has 2 aromatic rings. The Balaban J connectivity index is 1.95. The lowest BCUT2D eigenvalue weighted by Gasteiger charge is -2.21. The van der Waals surface area contributed by atoms with Crippen LogP contribution in [0.25, 0.3) is 5.65 Å². The third-order valence-electron chi connectivity index (χ3n) is 3.72. The second-order valence-electron chi connectivity index (χ2n) is 5.33. The molecule has 1 aliphatic rings. The minimum Gasteiger partial charge on any atom is -0.336 e. The molecular formula is C14H16ClFN4O. The summed E-state index contributed by atoms with van der Waals surface area (Å²) in [6, 6.07) is 3.13. The smallest absolute Gasteiger partial charge is 0.277 e. The summed E-state index contributed by atoms with van der Waals surface area (Å²) in [7, 11) is 0. The topological polar surface area (TPSA) is 63.6 Å². The fourth-order valence-corrected chi connectivity index (χ4v) is 2.80. The lowest BCUT2D eigenvalue weighted by atomic mass is 10.2. The Morgan fingerprint density at radius 3 is 3.05 bits per heavy atom. The van der Waals surface area contributed by atoms with Gasteiger partial charge in [-0.25, -0.2) is 4.98 Å². The van der Waals surface area contributed by atoms with E-state index < -0.39 is 11.9 Å². The number of nitrogens with zero attached hydrogens (tertiary/aromatic N) is 3. The summed E-state index contributed by atoms with van der Waals surface area (Å²) >= 11 is 5.84. The number of likely N-dealkylation sites (tertiary alicyclic amines) is 1. The van der Waals surface area contributed by atoms with E-state index in [9.17, 15) is 9.18 Å². The molecule has 0 aliphatic carbocycles. The number of rotatable bonds is 1. The van der Waals surface area contributed by atoms with Gasteiger partial charge in [-0.05, 0) is 25.0 Å². The molecule has 0 bridgehead atoms. The molecular weight excluding hydrogens is 295 g/mol. The highest BCUT2D eigenvalue weighted by molar-refractivity contribution is 6.30. The summed E-state index contributed by atoms with van der Waals surface area (Å²) in [6.45, 7) is 1.02. The van der Waals surface area contributed by atoms with E-state index in [2.05, 4.69) is 4.98 Å². The van der Waals surface area contributed by atoms with Crippen molar-refractivity contribution in [2.45, 2.75) is 25.3 Å². The van der Waals surface area contributed by atoms with Crippen molar-refractivity contribution in [3.05, 3.63) is 35.0 Å². The van der Waals surface area contributed by atoms with Gasteiger partial charge in [0.05, 0.1) is 5.02 Å². The maximum absolute atomic E-state index is 14.4. The number of pyridine rings is 1. The highest BCUT2D eigenvalue weighted by atomic mass is 35.5. The van der Waals surface area contributed by atoms with E-state index in [1.54, 1.807) is 17.0 Å². The first-order valence-corrected chi connectivity index (χ1v) is 7.32. The number of imidazole rings is 1. The van der Waals surface area contributed by atoms with Crippen LogP contribution in [0.1, 0.15) is 29.8 Å². The number of nitrogens with two attached hydrogens (primary N) is 1. The fourth-order valence-electron chi connectivity index (χ4n) is 2.64. The molecule has 0 saturated carbocycles. The van der Waals surface area contributed by atoms with Gasteiger partial charge >= 0.3 is 0 Å². The Kier molecular flexibility index (Phi) is 3.82. The number of halogens is 2. The molecule has 1 unspecified atom stereocenters. The average Bonchev–Trinajstić information content (AvgIpc) is 2.64. The number of carbonyl (C=O) groups is 1. The van der Waals surface area contributed by atoms with Crippen LogP contribution < -0.4 is 5.73 Å². The van der Waals surface area contributed by atoms with Gasteiger partial charge in [0.25, 0.3) is 5.91 Å². The third kappa shape index (κ3) is 2.73. The van der Waals surface area contributed by atoms with Gasteiger partial charge in [-0.1, -0.05) is 18.0 Å². The van der Waals surface area contributed by atoms with Crippen molar-refractivity contribution in [3.8, 4) is 0 Å². The molecule has 1 aliphatic heterocycles. The molecule has 0 aromatic carbocycles. The van der Waals surface area contributed by atoms with Crippen molar-refractivity contribution in [1.82, 2.24) is 14.3 Å². The Hall–Kier alpha value is -1.66. The maximum Gasteiger partial charge on any atom is 0.277 e. The van der Waals surface area contributed by atoms with Gasteiger partial charge in [0, 0.05) is 25.3 Å². The van der Waals surface area contributed by atoms with Crippen LogP contribution in [0, 0.1) is 5.95 Å². The maximum atomic E-state index is 14.4. The van der Waals surface area contributed by atoms with Crippen molar-refractivity contribution >= 4 is 23.2 Å². The van der Waals surface area contributed by atoms with Crippen LogP contribution >= 0.6 is 11.6 Å². The van der Waals surface area contributed by atoms with Crippen LogP contribution in [-0.2, 0) is 0 Å². The van der Waals surface area contributed by atoms with E-state index in [1.807, 2.05) is 0 Å². The Morgan fingerprint density at radius 2 is 2.24 bits per heavy atom. The van der Waals surface area contributed by atoms with Crippen LogP contribution in [0.4, 0.5) is 4.39 Å². The quantitative estimate of drug-likeness (QED) is 0.877. The first-order chi connectivity index (χ1) is 10.1. The molecule has 1 saturated heterocycles. The third-order valence-corrected chi connectivity index (χ3v) is 3.95. The van der Waals surface area contributed by atoms with Gasteiger partial charge in [0.1, 0.15) is 5.65 Å². The molecule has 0 radical (unpaired) electrons. The molecule has 1 fully saturated rings. The van der Waals surface area contributed by atoms with Gasteiger partial charge in [-0.3, -0.25) is 9.20 Å². The SMILES string of the molecule is NC1CCCCN(C(=O)c2nc3ccc(Cl)cn3c2F)C1. The predicted molar refractivity (Wildman–Crippen MR) is 77.9 cm³/mol. The van der Waals surface area contributed by atoms with E-state index in [-0.39, 0.29) is 11.7 Å². The van der Waals surface area contributed by atoms with Crippen molar-refractivity contribution in [2.75, 3.05) is 13.1 Å². The molecule has 1 atom stereocenters. The average molecular weight is 311 g/mol. The Labute approximate surface area is 126 Å². The summed E-state index contributed by atoms with van der Waals surface area (Å²) in [6.07, 6.45) is 4.14. The van der Waals surface area contributed by atoms with Crippen molar-refractivity contribution < 1.29 is 9.18 Å². The normalized spacial score (nSPS) is 19.8. The van der Waals surface area contributed by atoms with Gasteiger partial charge in [0.2, 0.25) is 5.95 Å². The molecule has 2 aromatic heterocycles. The molecule has 3 heterocycles. The second kappa shape index (κ2) is 5.61. The van der Waals surface area contributed by atoms with E-state index >= 15 is 0 Å². The first-order valence-electron chi connectivity index (χ1n) is 6.94. The van der Waals surface area contributed by atoms with Crippen LogP contribution in [0.3, 0.4) is 0 Å². The minimum absolute atomic E-state index is 0.0639. The van der Waals surface area contributed by atoms with Crippen LogP contribution in [0.15, 0.2) is 18.3 Å². The molecule has 1 amide bonds. The lowest BCUT2D eigenvalue weighted by Crippen LogP contribution is -2.40. The summed E-state index contributed by atoms with van der Waals surface area (Å²) in [5.74, 6) is -1.10. The van der Waals surface area contributed by atoms with Crippen LogP contribution in [0.5, 0.6) is 0 Å². The summed E-state index contributed by atoms with van der Waals surface area (Å²) < 4.78 is 15.6. The highest BCUT2D eigenvalue weighted by Crippen LogP contribution is 2.18. The second-order valence-corrected chi connectivity index (χ2v) is 5.77. The number of hydrogen-bond acceptors (Lipinski definition) is 3. The van der Waals surface area contributed by atoms with Crippen molar-refractivity contribution in [2.24, 2.45) is 5.73 Å². The fraction of sp³-hybridized carbons (Fsp3) is 0.429. The molecule has 3 rings (SSSR count). The van der Waals surface area contributed by atoms with Gasteiger partial charge in [-0.15, -0.1) is 0 Å². The monoisotopic (exact) mass is 310 g/mol. The summed E-state index contributed by atoms with van der Waals surface area (Å²) in [5, 5.41) is 0.384. The lowest BCUT2D eigenvalue weighted by molar-refractivity contribution is 0.0744. The molecule has 112 valence electrons. The van der Waals surface area contributed by atoms with Gasteiger partial charge < -0.3 is 10.6 Å². The minimum atomic E-state index is -0.685. The zero-order chi connectivity index (χ0) is 15.0. The van der Waals surface area contributed by atoms with E-state index in [1.165, 1.54) is 10.6 Å². The van der Waals surface area contributed by atoms with Crippen LogP contribution in [-0.4, -0.2) is 39.3 Å². The number of carbonyl (C=O) groups excluding carboxylic acids is 1. The predicted octanol–water partition coefficient (Wildman–Crippen LogP) is 2.08. The highest BCUT2D eigenvalue weighted by Gasteiger charge is 2.26. The molecule has 0 spiro atoms. The Bertz CT molecular complexity index is 687. The van der Waals surface area contributed by atoms with E-state index in [0.717, 1.165) is 19.3 Å². The molecule has 7 heteroatoms. The molecule has 21 heavy (non-hydrogen) atoms. The van der Waals surface area contributed by atoms with Gasteiger partial charge in [-0.2, -0.15) is 4.39 Å². The first kappa shape index (κ1) is 14.3.